The summed E-state index contributed by atoms with van der Waals surface area (Å²) in [6.07, 6.45) is 3.17. The number of aromatic nitrogens is 2. The Morgan fingerprint density at radius 3 is 2.80 bits per heavy atom. The molecule has 3 heterocycles. The normalized spacial score (nSPS) is 15.1. The molecule has 0 atom stereocenters. The number of pyridine rings is 1. The predicted octanol–water partition coefficient (Wildman–Crippen LogP) is 4.99. The van der Waals surface area contributed by atoms with E-state index in [9.17, 15) is 13.6 Å². The summed E-state index contributed by atoms with van der Waals surface area (Å²) in [7, 11) is 0. The Balaban J connectivity index is 1.64. The molecule has 3 aromatic rings. The number of rotatable bonds is 7. The van der Waals surface area contributed by atoms with E-state index in [1.807, 2.05) is 29.8 Å². The van der Waals surface area contributed by atoms with Gasteiger partial charge in [-0.15, -0.1) is 0 Å². The van der Waals surface area contributed by atoms with Crippen LogP contribution in [0.4, 0.5) is 8.78 Å². The number of alkyl halides is 2. The number of benzene rings is 1. The molecule has 2 aromatic heterocycles. The Bertz CT molecular complexity index is 1040. The van der Waals surface area contributed by atoms with E-state index in [1.165, 1.54) is 18.2 Å². The number of halogens is 2. The molecule has 0 spiro atoms. The van der Waals surface area contributed by atoms with Crippen LogP contribution in [0, 0.1) is 0 Å². The van der Waals surface area contributed by atoms with E-state index >= 15 is 0 Å². The largest absolute Gasteiger partial charge is 0.493 e. The third kappa shape index (κ3) is 4.36. The lowest BCUT2D eigenvalue weighted by Crippen LogP contribution is -2.14. The van der Waals surface area contributed by atoms with E-state index in [1.54, 1.807) is 6.07 Å². The number of ketones is 1. The van der Waals surface area contributed by atoms with E-state index in [4.69, 9.17) is 14.5 Å². The second-order valence-electron chi connectivity index (χ2n) is 7.44. The summed E-state index contributed by atoms with van der Waals surface area (Å²) in [5.41, 5.74) is 2.58. The number of carbonyl (C=O) groups excluding carboxylic acids is 1. The van der Waals surface area contributed by atoms with Crippen molar-refractivity contribution in [1.29, 1.82) is 0 Å². The number of carbonyl (C=O) groups is 1. The number of fused-ring (bicyclic) bond motifs is 1. The quantitative estimate of drug-likeness (QED) is 0.511. The van der Waals surface area contributed by atoms with E-state index in [-0.39, 0.29) is 23.3 Å². The van der Waals surface area contributed by atoms with Gasteiger partial charge in [0.15, 0.2) is 5.78 Å². The highest BCUT2D eigenvalue weighted by molar-refractivity contribution is 5.98. The maximum absolute atomic E-state index is 13.0. The minimum absolute atomic E-state index is 0.0583. The SMILES string of the molecule is CCOc1cc2nc(C3CCOCC3)cn2cc1CC(=O)c1cccc(C(F)F)c1. The molecule has 1 aromatic carbocycles. The first kappa shape index (κ1) is 20.5. The topological polar surface area (TPSA) is 52.8 Å². The third-order valence-electron chi connectivity index (χ3n) is 5.40. The second kappa shape index (κ2) is 8.92. The van der Waals surface area contributed by atoms with Crippen molar-refractivity contribution in [3.05, 3.63) is 65.1 Å². The van der Waals surface area contributed by atoms with E-state index in [2.05, 4.69) is 0 Å². The zero-order chi connectivity index (χ0) is 21.1. The standard InChI is InChI=1S/C23H24F2N2O3/c1-2-30-21-12-22-26-19(15-6-8-29-9-7-15)14-27(22)13-18(21)11-20(28)16-4-3-5-17(10-16)23(24)25/h3-5,10,12-15,23H,2,6-9,11H2,1H3. The van der Waals surface area contributed by atoms with Crippen molar-refractivity contribution in [2.75, 3.05) is 19.8 Å². The molecule has 0 amide bonds. The van der Waals surface area contributed by atoms with Gasteiger partial charge in [0.05, 0.1) is 12.3 Å². The van der Waals surface area contributed by atoms with Gasteiger partial charge in [-0.25, -0.2) is 13.8 Å². The van der Waals surface area contributed by atoms with Crippen molar-refractivity contribution < 1.29 is 23.0 Å². The second-order valence-corrected chi connectivity index (χ2v) is 7.44. The van der Waals surface area contributed by atoms with Crippen LogP contribution < -0.4 is 4.74 Å². The molecule has 0 saturated carbocycles. The fraction of sp³-hybridized carbons (Fsp3) is 0.391. The first-order chi connectivity index (χ1) is 14.5. The molecule has 1 fully saturated rings. The summed E-state index contributed by atoms with van der Waals surface area (Å²) in [6, 6.07) is 7.46. The Labute approximate surface area is 173 Å². The number of Topliss-reactive ketones (excluding diaryl/α,β-unsaturated/α-hetero) is 1. The van der Waals surface area contributed by atoms with Gasteiger partial charge in [-0.3, -0.25) is 4.79 Å². The molecule has 0 unspecified atom stereocenters. The Kier molecular flexibility index (Phi) is 6.08. The number of hydrogen-bond acceptors (Lipinski definition) is 4. The van der Waals surface area contributed by atoms with Crippen LogP contribution in [-0.4, -0.2) is 35.0 Å². The number of ether oxygens (including phenoxy) is 2. The molecule has 0 radical (unpaired) electrons. The van der Waals surface area contributed by atoms with Crippen LogP contribution in [0.5, 0.6) is 5.75 Å². The van der Waals surface area contributed by atoms with E-state index < -0.39 is 6.43 Å². The first-order valence-electron chi connectivity index (χ1n) is 10.2. The van der Waals surface area contributed by atoms with Gasteiger partial charge >= 0.3 is 0 Å². The maximum Gasteiger partial charge on any atom is 0.263 e. The summed E-state index contributed by atoms with van der Waals surface area (Å²) in [5.74, 6) is 0.714. The summed E-state index contributed by atoms with van der Waals surface area (Å²) < 4.78 is 39.1. The predicted molar refractivity (Wildman–Crippen MR) is 109 cm³/mol. The van der Waals surface area contributed by atoms with Crippen LogP contribution in [0.2, 0.25) is 0 Å². The molecule has 30 heavy (non-hydrogen) atoms. The highest BCUT2D eigenvalue weighted by Crippen LogP contribution is 2.29. The van der Waals surface area contributed by atoms with Gasteiger partial charge in [0, 0.05) is 60.7 Å². The monoisotopic (exact) mass is 414 g/mol. The molecule has 5 nitrogen and oxygen atoms in total. The van der Waals surface area contributed by atoms with Crippen LogP contribution in [0.25, 0.3) is 5.65 Å². The molecule has 0 N–H and O–H groups in total. The maximum atomic E-state index is 13.0. The van der Waals surface area contributed by atoms with Gasteiger partial charge < -0.3 is 13.9 Å². The van der Waals surface area contributed by atoms with Crippen molar-refractivity contribution in [3.8, 4) is 5.75 Å². The van der Waals surface area contributed by atoms with Gasteiger partial charge in [0.2, 0.25) is 0 Å². The fourth-order valence-corrected chi connectivity index (χ4v) is 3.81. The molecule has 7 heteroatoms. The zero-order valence-electron chi connectivity index (χ0n) is 16.8. The number of imidazole rings is 1. The Hall–Kier alpha value is -2.80. The van der Waals surface area contributed by atoms with Gasteiger partial charge in [0.1, 0.15) is 11.4 Å². The average Bonchev–Trinajstić information content (AvgIpc) is 3.17. The molecule has 4 rings (SSSR count). The summed E-state index contributed by atoms with van der Waals surface area (Å²) >= 11 is 0. The van der Waals surface area contributed by atoms with E-state index in [0.29, 0.717) is 23.8 Å². The number of nitrogens with zero attached hydrogens (tertiary/aromatic N) is 2. The molecule has 1 saturated heterocycles. The van der Waals surface area contributed by atoms with Gasteiger partial charge in [-0.2, -0.15) is 0 Å². The highest BCUT2D eigenvalue weighted by Gasteiger charge is 2.20. The van der Waals surface area contributed by atoms with Crippen molar-refractivity contribution in [1.82, 2.24) is 9.38 Å². The summed E-state index contributed by atoms with van der Waals surface area (Å²) in [6.45, 7) is 3.80. The van der Waals surface area contributed by atoms with Crippen molar-refractivity contribution in [2.45, 2.75) is 38.5 Å². The lowest BCUT2D eigenvalue weighted by Gasteiger charge is -2.19. The lowest BCUT2D eigenvalue weighted by molar-refractivity contribution is 0.0846. The Morgan fingerprint density at radius 1 is 1.27 bits per heavy atom. The number of hydrogen-bond donors (Lipinski definition) is 0. The van der Waals surface area contributed by atoms with Gasteiger partial charge in [-0.05, 0) is 25.8 Å². The fourth-order valence-electron chi connectivity index (χ4n) is 3.81. The van der Waals surface area contributed by atoms with Crippen molar-refractivity contribution in [2.24, 2.45) is 0 Å². The van der Waals surface area contributed by atoms with Gasteiger partial charge in [0.25, 0.3) is 6.43 Å². The minimum atomic E-state index is -2.61. The third-order valence-corrected chi connectivity index (χ3v) is 5.40. The molecular formula is C23H24F2N2O3. The molecular weight excluding hydrogens is 390 g/mol. The average molecular weight is 414 g/mol. The van der Waals surface area contributed by atoms with Crippen LogP contribution in [-0.2, 0) is 11.2 Å². The van der Waals surface area contributed by atoms with Crippen LogP contribution in [0.15, 0.2) is 42.7 Å². The first-order valence-corrected chi connectivity index (χ1v) is 10.2. The minimum Gasteiger partial charge on any atom is -0.493 e. The highest BCUT2D eigenvalue weighted by atomic mass is 19.3. The summed E-state index contributed by atoms with van der Waals surface area (Å²) in [4.78, 5) is 17.5. The smallest absolute Gasteiger partial charge is 0.263 e. The van der Waals surface area contributed by atoms with Crippen molar-refractivity contribution in [3.63, 3.8) is 0 Å². The molecule has 158 valence electrons. The molecule has 0 bridgehead atoms. The van der Waals surface area contributed by atoms with Crippen LogP contribution in [0.3, 0.4) is 0 Å². The summed E-state index contributed by atoms with van der Waals surface area (Å²) in [5, 5.41) is 0. The Morgan fingerprint density at radius 2 is 2.07 bits per heavy atom. The molecule has 0 aliphatic carbocycles. The lowest BCUT2D eigenvalue weighted by atomic mass is 9.97. The zero-order valence-corrected chi connectivity index (χ0v) is 16.8. The van der Waals surface area contributed by atoms with Crippen LogP contribution >= 0.6 is 0 Å². The van der Waals surface area contributed by atoms with E-state index in [0.717, 1.165) is 37.4 Å². The van der Waals surface area contributed by atoms with Crippen molar-refractivity contribution >= 4 is 11.4 Å². The van der Waals surface area contributed by atoms with Gasteiger partial charge in [-0.1, -0.05) is 18.2 Å². The molecule has 1 aliphatic heterocycles. The van der Waals surface area contributed by atoms with Crippen LogP contribution in [0.1, 0.15) is 59.3 Å². The molecule has 1 aliphatic rings.